The molecule has 4 nitrogen and oxygen atoms in total. The molecule has 1 aliphatic carbocycles. The van der Waals surface area contributed by atoms with E-state index in [1.165, 1.54) is 21.6 Å². The first kappa shape index (κ1) is 15.9. The molecule has 2 aromatic rings. The fourth-order valence-corrected chi connectivity index (χ4v) is 3.78. The van der Waals surface area contributed by atoms with Gasteiger partial charge in [0.1, 0.15) is 5.75 Å². The second-order valence-electron chi connectivity index (χ2n) is 6.52. The number of nitrogens with zero attached hydrogens (tertiary/aromatic N) is 1. The van der Waals surface area contributed by atoms with Gasteiger partial charge in [0.25, 0.3) is 5.91 Å². The maximum Gasteiger partial charge on any atom is 0.256 e. The summed E-state index contributed by atoms with van der Waals surface area (Å²) in [6, 6.07) is 13.4. The second kappa shape index (κ2) is 6.37. The average Bonchev–Trinajstić information content (AvgIpc) is 2.90. The molecule has 128 valence electrons. The number of rotatable bonds is 3. The van der Waals surface area contributed by atoms with Gasteiger partial charge >= 0.3 is 0 Å². The van der Waals surface area contributed by atoms with Crippen molar-refractivity contribution in [1.29, 1.82) is 0 Å². The molecule has 4 heteroatoms. The third-order valence-corrected chi connectivity index (χ3v) is 5.11. The molecule has 4 rings (SSSR count). The first-order valence-electron chi connectivity index (χ1n) is 8.63. The average molecular weight is 335 g/mol. The number of carbonyl (C=O) groups excluding carboxylic acids is 1. The largest absolute Gasteiger partial charge is 0.497 e. The Morgan fingerprint density at radius 3 is 2.84 bits per heavy atom. The van der Waals surface area contributed by atoms with E-state index >= 15 is 0 Å². The van der Waals surface area contributed by atoms with Crippen LogP contribution in [-0.4, -0.2) is 29.6 Å². The summed E-state index contributed by atoms with van der Waals surface area (Å²) < 4.78 is 5.32. The number of allylic oxidation sites excluding steroid dienone is 1. The maximum atomic E-state index is 12.5. The summed E-state index contributed by atoms with van der Waals surface area (Å²) in [4.78, 5) is 14.1. The molecule has 2 aromatic carbocycles. The molecule has 25 heavy (non-hydrogen) atoms. The van der Waals surface area contributed by atoms with E-state index in [9.17, 15) is 9.90 Å². The van der Waals surface area contributed by atoms with Crippen LogP contribution in [-0.2, 0) is 6.42 Å². The van der Waals surface area contributed by atoms with Crippen molar-refractivity contribution < 1.29 is 14.6 Å². The lowest BCUT2D eigenvalue weighted by Crippen LogP contribution is -2.28. The summed E-state index contributed by atoms with van der Waals surface area (Å²) >= 11 is 0. The third-order valence-electron chi connectivity index (χ3n) is 5.11. The van der Waals surface area contributed by atoms with E-state index in [-0.39, 0.29) is 5.91 Å². The van der Waals surface area contributed by atoms with Crippen molar-refractivity contribution in [3.63, 3.8) is 0 Å². The van der Waals surface area contributed by atoms with Crippen LogP contribution in [0.3, 0.4) is 0 Å². The molecule has 1 amide bonds. The Kier molecular flexibility index (Phi) is 4.06. The lowest BCUT2D eigenvalue weighted by molar-refractivity contribution is 0.0232. The molecule has 0 bridgehead atoms. The van der Waals surface area contributed by atoms with Crippen molar-refractivity contribution in [1.82, 2.24) is 4.90 Å². The SMILES string of the molecule is COc1ccc2c(c1)CCC/C2=C/CN1C(=O)c2ccccc2[C@H]1O. The van der Waals surface area contributed by atoms with Gasteiger partial charge in [-0.2, -0.15) is 0 Å². The van der Waals surface area contributed by atoms with Crippen molar-refractivity contribution in [3.05, 3.63) is 70.8 Å². The van der Waals surface area contributed by atoms with Crippen molar-refractivity contribution >= 4 is 11.5 Å². The van der Waals surface area contributed by atoms with Gasteiger partial charge in [0.2, 0.25) is 0 Å². The molecule has 0 fully saturated rings. The molecule has 1 heterocycles. The Hall–Kier alpha value is -2.59. The summed E-state index contributed by atoms with van der Waals surface area (Å²) in [6.45, 7) is 0.412. The number of aryl methyl sites for hydroxylation is 1. The molecule has 0 saturated carbocycles. The number of hydrogen-bond acceptors (Lipinski definition) is 3. The van der Waals surface area contributed by atoms with Gasteiger partial charge in [-0.3, -0.25) is 4.79 Å². The van der Waals surface area contributed by atoms with Gasteiger partial charge in [-0.05, 0) is 54.2 Å². The van der Waals surface area contributed by atoms with Crippen LogP contribution in [0.25, 0.3) is 5.57 Å². The van der Waals surface area contributed by atoms with Crippen LogP contribution in [0.2, 0.25) is 0 Å². The molecular formula is C21H21NO3. The fourth-order valence-electron chi connectivity index (χ4n) is 3.78. The Labute approximate surface area is 147 Å². The molecule has 0 unspecified atom stereocenters. The van der Waals surface area contributed by atoms with Gasteiger partial charge in [-0.1, -0.05) is 30.3 Å². The highest BCUT2D eigenvalue weighted by Crippen LogP contribution is 2.35. The summed E-state index contributed by atoms with van der Waals surface area (Å²) in [7, 11) is 1.68. The Morgan fingerprint density at radius 2 is 2.04 bits per heavy atom. The second-order valence-corrected chi connectivity index (χ2v) is 6.52. The van der Waals surface area contributed by atoms with Crippen LogP contribution in [0.1, 0.15) is 46.1 Å². The Morgan fingerprint density at radius 1 is 1.20 bits per heavy atom. The number of hydrogen-bond donors (Lipinski definition) is 1. The predicted octanol–water partition coefficient (Wildman–Crippen LogP) is 3.56. The van der Waals surface area contributed by atoms with Crippen LogP contribution < -0.4 is 4.74 Å². The lowest BCUT2D eigenvalue weighted by Gasteiger charge is -2.23. The molecule has 0 radical (unpaired) electrons. The first-order chi connectivity index (χ1) is 12.2. The van der Waals surface area contributed by atoms with Crippen molar-refractivity contribution in [2.24, 2.45) is 0 Å². The van der Waals surface area contributed by atoms with E-state index in [0.717, 1.165) is 25.0 Å². The summed E-state index contributed by atoms with van der Waals surface area (Å²) in [5.74, 6) is 0.770. The Bertz CT molecular complexity index is 856. The smallest absolute Gasteiger partial charge is 0.256 e. The minimum Gasteiger partial charge on any atom is -0.497 e. The number of benzene rings is 2. The van der Waals surface area contributed by atoms with E-state index in [4.69, 9.17) is 4.74 Å². The van der Waals surface area contributed by atoms with Crippen LogP contribution in [0.15, 0.2) is 48.5 Å². The van der Waals surface area contributed by atoms with E-state index in [0.29, 0.717) is 17.7 Å². The number of fused-ring (bicyclic) bond motifs is 2. The van der Waals surface area contributed by atoms with Crippen LogP contribution in [0, 0.1) is 0 Å². The summed E-state index contributed by atoms with van der Waals surface area (Å²) in [6.07, 6.45) is 4.34. The highest BCUT2D eigenvalue weighted by Gasteiger charge is 2.34. The number of aliphatic hydroxyl groups is 1. The number of ether oxygens (including phenoxy) is 1. The highest BCUT2D eigenvalue weighted by atomic mass is 16.5. The fraction of sp³-hybridized carbons (Fsp3) is 0.286. The van der Waals surface area contributed by atoms with E-state index in [1.54, 1.807) is 13.2 Å². The normalized spacial score (nSPS) is 20.6. The van der Waals surface area contributed by atoms with E-state index in [2.05, 4.69) is 18.2 Å². The molecule has 1 atom stereocenters. The quantitative estimate of drug-likeness (QED) is 0.933. The Balaban J connectivity index is 1.59. The van der Waals surface area contributed by atoms with Crippen LogP contribution >= 0.6 is 0 Å². The zero-order valence-electron chi connectivity index (χ0n) is 14.2. The van der Waals surface area contributed by atoms with Crippen molar-refractivity contribution in [3.8, 4) is 5.75 Å². The van der Waals surface area contributed by atoms with Crippen LogP contribution in [0.4, 0.5) is 0 Å². The molecule has 0 spiro atoms. The van der Waals surface area contributed by atoms with Gasteiger partial charge in [-0.15, -0.1) is 0 Å². The zero-order chi connectivity index (χ0) is 17.4. The number of amides is 1. The van der Waals surface area contributed by atoms with E-state index < -0.39 is 6.23 Å². The first-order valence-corrected chi connectivity index (χ1v) is 8.63. The van der Waals surface area contributed by atoms with Crippen molar-refractivity contribution in [2.45, 2.75) is 25.5 Å². The summed E-state index contributed by atoms with van der Waals surface area (Å²) in [5, 5.41) is 10.5. The minimum atomic E-state index is -0.862. The lowest BCUT2D eigenvalue weighted by atomic mass is 9.87. The van der Waals surface area contributed by atoms with Crippen LogP contribution in [0.5, 0.6) is 5.75 Å². The molecule has 1 N–H and O–H groups in total. The van der Waals surface area contributed by atoms with E-state index in [1.807, 2.05) is 24.3 Å². The van der Waals surface area contributed by atoms with Crippen molar-refractivity contribution in [2.75, 3.05) is 13.7 Å². The van der Waals surface area contributed by atoms with Gasteiger partial charge in [0.15, 0.2) is 6.23 Å². The molecule has 0 aromatic heterocycles. The zero-order valence-corrected chi connectivity index (χ0v) is 14.2. The molecular weight excluding hydrogens is 314 g/mol. The summed E-state index contributed by atoms with van der Waals surface area (Å²) in [5.41, 5.74) is 5.04. The molecule has 2 aliphatic rings. The predicted molar refractivity (Wildman–Crippen MR) is 96.3 cm³/mol. The molecule has 0 saturated heterocycles. The third kappa shape index (κ3) is 2.72. The number of methoxy groups -OCH3 is 1. The maximum absolute atomic E-state index is 12.5. The monoisotopic (exact) mass is 335 g/mol. The number of aliphatic hydroxyl groups excluding tert-OH is 1. The van der Waals surface area contributed by atoms with Gasteiger partial charge in [0.05, 0.1) is 7.11 Å². The molecule has 1 aliphatic heterocycles. The minimum absolute atomic E-state index is 0.106. The topological polar surface area (TPSA) is 49.8 Å². The van der Waals surface area contributed by atoms with Gasteiger partial charge in [-0.25, -0.2) is 0 Å². The standard InChI is InChI=1S/C21H21NO3/c1-25-16-9-10-17-14(5-4-6-15(17)13-16)11-12-22-20(23)18-7-2-3-8-19(18)21(22)24/h2-3,7-11,13,20,23H,4-6,12H2,1H3/b14-11-/t20-/m1/s1. The number of carbonyl (C=O) groups is 1. The highest BCUT2D eigenvalue weighted by molar-refractivity contribution is 5.99. The van der Waals surface area contributed by atoms with Gasteiger partial charge < -0.3 is 14.7 Å². The van der Waals surface area contributed by atoms with Gasteiger partial charge in [0, 0.05) is 17.7 Å².